The molecule has 1 amide bonds. The second-order valence-electron chi connectivity index (χ2n) is 6.76. The number of carbonyl (C=O) groups is 1. The number of aryl methyl sites for hydroxylation is 1. The third kappa shape index (κ3) is 4.84. The van der Waals surface area contributed by atoms with E-state index in [-0.39, 0.29) is 50.1 Å². The lowest BCUT2D eigenvalue weighted by molar-refractivity contribution is -0.143. The van der Waals surface area contributed by atoms with Crippen molar-refractivity contribution in [1.82, 2.24) is 14.4 Å². The summed E-state index contributed by atoms with van der Waals surface area (Å²) >= 11 is 0. The van der Waals surface area contributed by atoms with E-state index >= 15 is 0 Å². The first-order valence-electron chi connectivity index (χ1n) is 8.72. The minimum absolute atomic E-state index is 0.00139. The molecule has 1 aromatic heterocycles. The van der Waals surface area contributed by atoms with Crippen LogP contribution in [0.1, 0.15) is 27.4 Å². The lowest BCUT2D eigenvalue weighted by Crippen LogP contribution is -2.50. The molecule has 2 aromatic rings. The van der Waals surface area contributed by atoms with Gasteiger partial charge in [-0.1, -0.05) is 5.16 Å². The number of hydrogen-bond donors (Lipinski definition) is 0. The van der Waals surface area contributed by atoms with Gasteiger partial charge < -0.3 is 9.42 Å². The Kier molecular flexibility index (Phi) is 5.82. The number of hydrogen-bond acceptors (Lipinski definition) is 5. The zero-order valence-corrected chi connectivity index (χ0v) is 16.6. The fraction of sp³-hybridized carbons (Fsp3) is 0.412. The highest BCUT2D eigenvalue weighted by Gasteiger charge is 2.40. The van der Waals surface area contributed by atoms with Gasteiger partial charge in [-0.2, -0.15) is 30.6 Å². The van der Waals surface area contributed by atoms with E-state index in [9.17, 15) is 39.6 Å². The smallest absolute Gasteiger partial charge is 0.361 e. The molecule has 0 aliphatic carbocycles. The number of aromatic nitrogens is 1. The minimum Gasteiger partial charge on any atom is -0.361 e. The SMILES string of the molecule is Cc1cc(C(=O)N2CCN(S(=O)(=O)c3cc(C(F)(F)F)cc(C(F)(F)F)c3)CC2)no1. The second-order valence-corrected chi connectivity index (χ2v) is 8.70. The molecule has 1 aliphatic heterocycles. The van der Waals surface area contributed by atoms with E-state index in [1.807, 2.05) is 0 Å². The molecule has 0 N–H and O–H groups in total. The normalized spacial score (nSPS) is 16.5. The summed E-state index contributed by atoms with van der Waals surface area (Å²) in [4.78, 5) is 12.5. The molecular formula is C17H15F6N3O4S. The summed E-state index contributed by atoms with van der Waals surface area (Å²) in [5.41, 5.74) is -3.45. The number of piperazine rings is 1. The molecule has 170 valence electrons. The summed E-state index contributed by atoms with van der Waals surface area (Å²) in [5.74, 6) is -0.151. The summed E-state index contributed by atoms with van der Waals surface area (Å²) in [6, 6.07) is 1.57. The van der Waals surface area contributed by atoms with Crippen molar-refractivity contribution >= 4 is 15.9 Å². The van der Waals surface area contributed by atoms with Gasteiger partial charge in [0.25, 0.3) is 5.91 Å². The Balaban J connectivity index is 1.85. The van der Waals surface area contributed by atoms with Crippen LogP contribution in [0.15, 0.2) is 33.7 Å². The molecule has 7 nitrogen and oxygen atoms in total. The maximum absolute atomic E-state index is 13.0. The molecule has 0 radical (unpaired) electrons. The van der Waals surface area contributed by atoms with Crippen LogP contribution in [0.5, 0.6) is 0 Å². The van der Waals surface area contributed by atoms with Gasteiger partial charge in [-0.25, -0.2) is 8.42 Å². The van der Waals surface area contributed by atoms with E-state index in [0.29, 0.717) is 5.76 Å². The number of halogens is 6. The van der Waals surface area contributed by atoms with E-state index < -0.39 is 44.3 Å². The van der Waals surface area contributed by atoms with E-state index in [1.165, 1.54) is 11.0 Å². The Hall–Kier alpha value is -2.61. The monoisotopic (exact) mass is 471 g/mol. The van der Waals surface area contributed by atoms with Crippen molar-refractivity contribution < 1.29 is 44.1 Å². The van der Waals surface area contributed by atoms with Crippen molar-refractivity contribution in [2.45, 2.75) is 24.2 Å². The van der Waals surface area contributed by atoms with Crippen LogP contribution in [0.25, 0.3) is 0 Å². The number of carbonyl (C=O) groups excluding carboxylic acids is 1. The Morgan fingerprint density at radius 2 is 1.45 bits per heavy atom. The number of alkyl halides is 6. The average molecular weight is 471 g/mol. The molecule has 0 saturated carbocycles. The third-order valence-electron chi connectivity index (χ3n) is 4.57. The lowest BCUT2D eigenvalue weighted by atomic mass is 10.1. The van der Waals surface area contributed by atoms with E-state index in [4.69, 9.17) is 4.52 Å². The topological polar surface area (TPSA) is 83.7 Å². The highest BCUT2D eigenvalue weighted by molar-refractivity contribution is 7.89. The zero-order chi connectivity index (χ0) is 23.2. The molecule has 2 heterocycles. The maximum Gasteiger partial charge on any atom is 0.416 e. The first-order chi connectivity index (χ1) is 14.2. The predicted molar refractivity (Wildman–Crippen MR) is 92.3 cm³/mol. The maximum atomic E-state index is 13.0. The summed E-state index contributed by atoms with van der Waals surface area (Å²) in [6.07, 6.45) is -10.3. The lowest BCUT2D eigenvalue weighted by Gasteiger charge is -2.33. The van der Waals surface area contributed by atoms with Crippen LogP contribution in [-0.4, -0.2) is 54.9 Å². The van der Waals surface area contributed by atoms with E-state index in [0.717, 1.165) is 4.31 Å². The van der Waals surface area contributed by atoms with Crippen molar-refractivity contribution in [3.8, 4) is 0 Å². The molecule has 0 unspecified atom stereocenters. The quantitative estimate of drug-likeness (QED) is 0.643. The first kappa shape index (κ1) is 23.1. The van der Waals surface area contributed by atoms with Gasteiger partial charge in [-0.05, 0) is 25.1 Å². The van der Waals surface area contributed by atoms with Crippen LogP contribution >= 0.6 is 0 Å². The highest BCUT2D eigenvalue weighted by atomic mass is 32.2. The Bertz CT molecular complexity index is 1050. The molecule has 1 aromatic carbocycles. The predicted octanol–water partition coefficient (Wildman–Crippen LogP) is 3.17. The number of benzene rings is 1. The molecule has 0 atom stereocenters. The number of nitrogens with zero attached hydrogens (tertiary/aromatic N) is 3. The third-order valence-corrected chi connectivity index (χ3v) is 6.45. The van der Waals surface area contributed by atoms with E-state index in [2.05, 4.69) is 5.16 Å². The molecule has 31 heavy (non-hydrogen) atoms. The van der Waals surface area contributed by atoms with Gasteiger partial charge in [0.1, 0.15) is 5.76 Å². The van der Waals surface area contributed by atoms with Gasteiger partial charge in [0.2, 0.25) is 10.0 Å². The van der Waals surface area contributed by atoms with E-state index in [1.54, 1.807) is 6.92 Å². The summed E-state index contributed by atoms with van der Waals surface area (Å²) in [6.45, 7) is 0.674. The molecule has 1 fully saturated rings. The van der Waals surface area contributed by atoms with Gasteiger partial charge >= 0.3 is 12.4 Å². The minimum atomic E-state index is -5.17. The number of sulfonamides is 1. The van der Waals surface area contributed by atoms with Gasteiger partial charge in [0, 0.05) is 32.2 Å². The number of amides is 1. The summed E-state index contributed by atoms with van der Waals surface area (Å²) in [5, 5.41) is 3.56. The van der Waals surface area contributed by atoms with Crippen molar-refractivity contribution in [1.29, 1.82) is 0 Å². The molecule has 1 saturated heterocycles. The largest absolute Gasteiger partial charge is 0.416 e. The fourth-order valence-corrected chi connectivity index (χ4v) is 4.48. The fourth-order valence-electron chi connectivity index (χ4n) is 2.99. The van der Waals surface area contributed by atoms with Crippen molar-refractivity contribution in [3.63, 3.8) is 0 Å². The molecular weight excluding hydrogens is 456 g/mol. The zero-order valence-electron chi connectivity index (χ0n) is 15.8. The Labute approximate surface area is 172 Å². The average Bonchev–Trinajstić information content (AvgIpc) is 3.12. The highest BCUT2D eigenvalue weighted by Crippen LogP contribution is 2.37. The van der Waals surface area contributed by atoms with Crippen LogP contribution in [0.4, 0.5) is 26.3 Å². The number of rotatable bonds is 3. The molecule has 0 bridgehead atoms. The second kappa shape index (κ2) is 7.82. The van der Waals surface area contributed by atoms with Crippen molar-refractivity contribution in [2.24, 2.45) is 0 Å². The molecule has 3 rings (SSSR count). The van der Waals surface area contributed by atoms with Crippen LogP contribution in [0.2, 0.25) is 0 Å². The Morgan fingerprint density at radius 3 is 1.87 bits per heavy atom. The molecule has 1 aliphatic rings. The standard InChI is InChI=1S/C17H15F6N3O4S/c1-10-6-14(24-30-10)15(27)25-2-4-26(5-3-25)31(28,29)13-8-11(16(18,19)20)7-12(9-13)17(21,22)23/h6-9H,2-5H2,1H3. The van der Waals surface area contributed by atoms with Gasteiger partial charge in [0.05, 0.1) is 16.0 Å². The summed E-state index contributed by atoms with van der Waals surface area (Å²) in [7, 11) is -4.68. The van der Waals surface area contributed by atoms with Gasteiger partial charge in [-0.15, -0.1) is 0 Å². The van der Waals surface area contributed by atoms with Crippen molar-refractivity contribution in [3.05, 3.63) is 46.8 Å². The van der Waals surface area contributed by atoms with Gasteiger partial charge in [-0.3, -0.25) is 4.79 Å². The van der Waals surface area contributed by atoms with Crippen LogP contribution in [-0.2, 0) is 22.4 Å². The molecule has 14 heteroatoms. The van der Waals surface area contributed by atoms with Crippen LogP contribution in [0, 0.1) is 6.92 Å². The Morgan fingerprint density at radius 1 is 0.935 bits per heavy atom. The van der Waals surface area contributed by atoms with Crippen LogP contribution < -0.4 is 0 Å². The summed E-state index contributed by atoms with van der Waals surface area (Å²) < 4.78 is 109. The first-order valence-corrected chi connectivity index (χ1v) is 10.2. The molecule has 0 spiro atoms. The van der Waals surface area contributed by atoms with Crippen LogP contribution in [0.3, 0.4) is 0 Å². The van der Waals surface area contributed by atoms with Crippen molar-refractivity contribution in [2.75, 3.05) is 26.2 Å². The van der Waals surface area contributed by atoms with Gasteiger partial charge in [0.15, 0.2) is 5.69 Å².